The lowest BCUT2D eigenvalue weighted by atomic mass is 9.89. The number of nitrogens with two attached hydrogens (primary N) is 2. The number of carbonyl (C=O) groups excluding carboxylic acids is 2. The Balaban J connectivity index is 2.10. The summed E-state index contributed by atoms with van der Waals surface area (Å²) in [5.41, 5.74) is 10.9. The number of nitrogens with zero attached hydrogens (tertiary/aromatic N) is 1. The van der Waals surface area contributed by atoms with Crippen molar-refractivity contribution >= 4 is 11.8 Å². The highest BCUT2D eigenvalue weighted by Gasteiger charge is 2.43. The molecule has 1 heterocycles. The third kappa shape index (κ3) is 2.36. The zero-order chi connectivity index (χ0) is 13.3. The van der Waals surface area contributed by atoms with E-state index in [2.05, 4.69) is 0 Å². The lowest BCUT2D eigenvalue weighted by Gasteiger charge is -2.40. The van der Waals surface area contributed by atoms with Crippen LogP contribution >= 0.6 is 0 Å². The molecule has 4 N–H and O–H groups in total. The highest BCUT2D eigenvalue weighted by atomic mass is 16.2. The molecule has 5 nitrogen and oxygen atoms in total. The molecule has 2 fully saturated rings. The average Bonchev–Trinajstić information content (AvgIpc) is 2.77. The quantitative estimate of drug-likeness (QED) is 0.745. The highest BCUT2D eigenvalue weighted by molar-refractivity contribution is 5.87. The lowest BCUT2D eigenvalue weighted by Crippen LogP contribution is -2.59. The van der Waals surface area contributed by atoms with Crippen LogP contribution in [0.15, 0.2) is 0 Å². The van der Waals surface area contributed by atoms with Crippen molar-refractivity contribution in [2.24, 2.45) is 17.4 Å². The lowest BCUT2D eigenvalue weighted by molar-refractivity contribution is -0.142. The van der Waals surface area contributed by atoms with E-state index in [9.17, 15) is 9.59 Å². The summed E-state index contributed by atoms with van der Waals surface area (Å²) in [5.74, 6) is -0.509. The number of hydrogen-bond acceptors (Lipinski definition) is 3. The van der Waals surface area contributed by atoms with Crippen molar-refractivity contribution < 1.29 is 9.59 Å². The molecule has 0 spiro atoms. The van der Waals surface area contributed by atoms with Gasteiger partial charge in [-0.1, -0.05) is 12.8 Å². The third-order valence-corrected chi connectivity index (χ3v) is 4.47. The molecule has 18 heavy (non-hydrogen) atoms. The molecule has 1 saturated heterocycles. The second-order valence-corrected chi connectivity index (χ2v) is 5.85. The molecule has 0 bridgehead atoms. The number of primary amides is 1. The molecule has 0 aromatic carbocycles. The number of piperidine rings is 1. The molecule has 5 heteroatoms. The van der Waals surface area contributed by atoms with Crippen LogP contribution in [0.2, 0.25) is 0 Å². The van der Waals surface area contributed by atoms with Gasteiger partial charge in [0.15, 0.2) is 0 Å². The van der Waals surface area contributed by atoms with Gasteiger partial charge in [-0.25, -0.2) is 0 Å². The Kier molecular flexibility index (Phi) is 3.61. The van der Waals surface area contributed by atoms with Crippen molar-refractivity contribution in [3.05, 3.63) is 0 Å². The van der Waals surface area contributed by atoms with Gasteiger partial charge >= 0.3 is 0 Å². The normalized spacial score (nSPS) is 31.3. The summed E-state index contributed by atoms with van der Waals surface area (Å²) in [6.45, 7) is 2.46. The summed E-state index contributed by atoms with van der Waals surface area (Å²) in [4.78, 5) is 25.6. The van der Waals surface area contributed by atoms with Gasteiger partial charge in [0.25, 0.3) is 0 Å². The summed E-state index contributed by atoms with van der Waals surface area (Å²) in [6, 6.07) is 0.161. The van der Waals surface area contributed by atoms with Gasteiger partial charge in [-0.15, -0.1) is 0 Å². The Morgan fingerprint density at radius 3 is 2.39 bits per heavy atom. The van der Waals surface area contributed by atoms with Crippen molar-refractivity contribution in [3.8, 4) is 0 Å². The molecule has 1 aliphatic carbocycles. The smallest absolute Gasteiger partial charge is 0.242 e. The van der Waals surface area contributed by atoms with Crippen molar-refractivity contribution in [1.29, 1.82) is 0 Å². The fourth-order valence-electron chi connectivity index (χ4n) is 3.13. The minimum atomic E-state index is -0.701. The van der Waals surface area contributed by atoms with Crippen molar-refractivity contribution in [2.45, 2.75) is 57.0 Å². The van der Waals surface area contributed by atoms with Crippen LogP contribution in [0.25, 0.3) is 0 Å². The Hall–Kier alpha value is -1.10. The van der Waals surface area contributed by atoms with Gasteiger partial charge in [0.2, 0.25) is 11.8 Å². The molecule has 0 radical (unpaired) electrons. The molecule has 2 aliphatic rings. The van der Waals surface area contributed by atoms with Gasteiger partial charge < -0.3 is 16.4 Å². The first-order valence-electron chi connectivity index (χ1n) is 6.83. The molecule has 1 saturated carbocycles. The summed E-state index contributed by atoms with van der Waals surface area (Å²) < 4.78 is 0. The maximum atomic E-state index is 12.5. The van der Waals surface area contributed by atoms with Crippen molar-refractivity contribution in [2.75, 3.05) is 6.54 Å². The second kappa shape index (κ2) is 4.88. The van der Waals surface area contributed by atoms with Crippen LogP contribution in [0.1, 0.15) is 45.4 Å². The van der Waals surface area contributed by atoms with E-state index in [1.54, 1.807) is 4.90 Å². The summed E-state index contributed by atoms with van der Waals surface area (Å²) in [7, 11) is 0. The van der Waals surface area contributed by atoms with Crippen LogP contribution < -0.4 is 11.5 Å². The van der Waals surface area contributed by atoms with E-state index in [1.807, 2.05) is 6.92 Å². The zero-order valence-corrected chi connectivity index (χ0v) is 11.0. The Labute approximate surface area is 108 Å². The molecule has 1 aliphatic heterocycles. The molecule has 2 rings (SSSR count). The number of rotatable bonds is 2. The predicted octanol–water partition coefficient (Wildman–Crippen LogP) is 0.370. The van der Waals surface area contributed by atoms with E-state index in [4.69, 9.17) is 11.5 Å². The second-order valence-electron chi connectivity index (χ2n) is 5.85. The average molecular weight is 253 g/mol. The monoisotopic (exact) mass is 253 g/mol. The molecule has 2 atom stereocenters. The van der Waals surface area contributed by atoms with Crippen LogP contribution in [0, 0.1) is 5.92 Å². The Bertz CT molecular complexity index is 350. The van der Waals surface area contributed by atoms with Gasteiger partial charge in [-0.2, -0.15) is 0 Å². The largest absolute Gasteiger partial charge is 0.369 e. The molecular weight excluding hydrogens is 230 g/mol. The van der Waals surface area contributed by atoms with Crippen LogP contribution in [-0.4, -0.2) is 34.8 Å². The van der Waals surface area contributed by atoms with Gasteiger partial charge in [0.05, 0.1) is 11.5 Å². The van der Waals surface area contributed by atoms with Gasteiger partial charge in [-0.3, -0.25) is 9.59 Å². The summed E-state index contributed by atoms with van der Waals surface area (Å²) in [5, 5.41) is 0. The highest BCUT2D eigenvalue weighted by Crippen LogP contribution is 2.32. The fraction of sp³-hybridized carbons (Fsp3) is 0.846. The third-order valence-electron chi connectivity index (χ3n) is 4.47. The minimum absolute atomic E-state index is 0.0125. The van der Waals surface area contributed by atoms with Gasteiger partial charge in [0, 0.05) is 12.6 Å². The van der Waals surface area contributed by atoms with E-state index in [0.29, 0.717) is 6.54 Å². The number of carbonyl (C=O) groups is 2. The first-order valence-corrected chi connectivity index (χ1v) is 6.83. The van der Waals surface area contributed by atoms with E-state index in [0.717, 1.165) is 38.5 Å². The van der Waals surface area contributed by atoms with E-state index in [-0.39, 0.29) is 23.8 Å². The maximum Gasteiger partial charge on any atom is 0.242 e. The first-order chi connectivity index (χ1) is 8.44. The Morgan fingerprint density at radius 2 is 1.83 bits per heavy atom. The van der Waals surface area contributed by atoms with E-state index >= 15 is 0 Å². The SMILES string of the molecule is CC1CCC(C(N)=O)CN1C(=O)C1(N)CCCC1. The van der Waals surface area contributed by atoms with Gasteiger partial charge in [0.1, 0.15) is 0 Å². The summed E-state index contributed by atoms with van der Waals surface area (Å²) >= 11 is 0. The van der Waals surface area contributed by atoms with Crippen molar-refractivity contribution in [1.82, 2.24) is 4.90 Å². The molecular formula is C13H23N3O2. The molecule has 2 unspecified atom stereocenters. The topological polar surface area (TPSA) is 89.4 Å². The summed E-state index contributed by atoms with van der Waals surface area (Å²) in [6.07, 6.45) is 5.16. The van der Waals surface area contributed by atoms with Crippen molar-refractivity contribution in [3.63, 3.8) is 0 Å². The standard InChI is InChI=1S/C13H23N3O2/c1-9-4-5-10(11(14)17)8-16(9)12(18)13(15)6-2-3-7-13/h9-10H,2-8,15H2,1H3,(H2,14,17). The van der Waals surface area contributed by atoms with E-state index < -0.39 is 5.54 Å². The molecule has 0 aromatic heterocycles. The molecule has 2 amide bonds. The fourth-order valence-corrected chi connectivity index (χ4v) is 3.13. The number of amides is 2. The maximum absolute atomic E-state index is 12.5. The van der Waals surface area contributed by atoms with Crippen LogP contribution in [-0.2, 0) is 9.59 Å². The van der Waals surface area contributed by atoms with Crippen LogP contribution in [0.5, 0.6) is 0 Å². The predicted molar refractivity (Wildman–Crippen MR) is 68.5 cm³/mol. The van der Waals surface area contributed by atoms with Gasteiger partial charge in [-0.05, 0) is 32.6 Å². The van der Waals surface area contributed by atoms with E-state index in [1.165, 1.54) is 0 Å². The number of likely N-dealkylation sites (tertiary alicyclic amines) is 1. The molecule has 0 aromatic rings. The number of hydrogen-bond donors (Lipinski definition) is 2. The van der Waals surface area contributed by atoms with Crippen LogP contribution in [0.3, 0.4) is 0 Å². The van der Waals surface area contributed by atoms with Crippen LogP contribution in [0.4, 0.5) is 0 Å². The Morgan fingerprint density at radius 1 is 1.22 bits per heavy atom. The zero-order valence-electron chi connectivity index (χ0n) is 11.0. The minimum Gasteiger partial charge on any atom is -0.369 e. The first kappa shape index (κ1) is 13.3. The molecule has 102 valence electrons.